The molecule has 0 amide bonds. The van der Waals surface area contributed by atoms with Crippen molar-refractivity contribution >= 4 is 10.8 Å². The Morgan fingerprint density at radius 2 is 2.00 bits per heavy atom. The van der Waals surface area contributed by atoms with Gasteiger partial charge in [0.1, 0.15) is 0 Å². The standard InChI is InChI=1S/C20H17NO4.H2O/c1-11-13-3-4-17-20(25-10-24-17)15(13)9-21-6-5-12-7-18(23-2)16(22)8-14(12)19(11)21;/h3-4,7-9H,5-6,10H2,1-2H3;1H2. The van der Waals surface area contributed by atoms with Gasteiger partial charge < -0.3 is 24.8 Å². The highest BCUT2D eigenvalue weighted by molar-refractivity contribution is 5.95. The van der Waals surface area contributed by atoms with Crippen molar-refractivity contribution in [2.24, 2.45) is 0 Å². The number of aryl methyl sites for hydroxylation is 3. The Bertz CT molecular complexity index is 1040. The molecule has 0 bridgehead atoms. The molecule has 2 aliphatic heterocycles. The predicted octanol–water partition coefficient (Wildman–Crippen LogP) is 2.92. The van der Waals surface area contributed by atoms with E-state index in [4.69, 9.17) is 14.2 Å². The van der Waals surface area contributed by atoms with Crippen LogP contribution in [0.25, 0.3) is 22.0 Å². The highest BCUT2D eigenvalue weighted by atomic mass is 16.7. The van der Waals surface area contributed by atoms with E-state index in [1.165, 1.54) is 11.1 Å². The second kappa shape index (κ2) is 5.78. The zero-order chi connectivity index (χ0) is 17.1. The van der Waals surface area contributed by atoms with E-state index >= 15 is 0 Å². The molecule has 0 fully saturated rings. The lowest BCUT2D eigenvalue weighted by Gasteiger charge is -2.19. The van der Waals surface area contributed by atoms with Crippen LogP contribution in [0.2, 0.25) is 0 Å². The van der Waals surface area contributed by atoms with Crippen LogP contribution in [-0.4, -0.2) is 24.5 Å². The van der Waals surface area contributed by atoms with Crippen LogP contribution in [0.1, 0.15) is 11.1 Å². The number of hydrogen-bond donors (Lipinski definition) is 1. The summed E-state index contributed by atoms with van der Waals surface area (Å²) in [6.07, 6.45) is 3.02. The van der Waals surface area contributed by atoms with E-state index in [0.29, 0.717) is 5.75 Å². The van der Waals surface area contributed by atoms with Gasteiger partial charge in [-0.1, -0.05) is 0 Å². The molecule has 0 atom stereocenters. The minimum atomic E-state index is 0. The third-order valence-electron chi connectivity index (χ3n) is 5.19. The lowest BCUT2D eigenvalue weighted by Crippen LogP contribution is -2.40. The highest BCUT2D eigenvalue weighted by Crippen LogP contribution is 2.43. The third-order valence-corrected chi connectivity index (χ3v) is 5.19. The molecule has 0 aliphatic carbocycles. The van der Waals surface area contributed by atoms with Gasteiger partial charge in [-0.05, 0) is 36.8 Å². The predicted molar refractivity (Wildman–Crippen MR) is 94.3 cm³/mol. The lowest BCUT2D eigenvalue weighted by atomic mass is 9.92. The van der Waals surface area contributed by atoms with Crippen molar-refractivity contribution in [1.82, 2.24) is 0 Å². The van der Waals surface area contributed by atoms with Gasteiger partial charge in [0, 0.05) is 17.4 Å². The third kappa shape index (κ3) is 2.12. The molecule has 6 nitrogen and oxygen atoms in total. The summed E-state index contributed by atoms with van der Waals surface area (Å²) in [5.74, 6) is 2.30. The first kappa shape index (κ1) is 16.5. The minimum Gasteiger partial charge on any atom is -0.870 e. The van der Waals surface area contributed by atoms with E-state index < -0.39 is 0 Å². The van der Waals surface area contributed by atoms with E-state index in [2.05, 4.69) is 23.8 Å². The van der Waals surface area contributed by atoms with Gasteiger partial charge in [-0.3, -0.25) is 0 Å². The lowest BCUT2D eigenvalue weighted by molar-refractivity contribution is -0.686. The number of phenols is 1. The maximum atomic E-state index is 10.3. The molecule has 26 heavy (non-hydrogen) atoms. The van der Waals surface area contributed by atoms with Gasteiger partial charge in [0.25, 0.3) is 0 Å². The Hall–Kier alpha value is -2.99. The summed E-state index contributed by atoms with van der Waals surface area (Å²) in [5.41, 5.74) is 4.55. The fourth-order valence-electron chi connectivity index (χ4n) is 3.99. The van der Waals surface area contributed by atoms with Crippen molar-refractivity contribution in [1.29, 1.82) is 0 Å². The van der Waals surface area contributed by atoms with Crippen LogP contribution in [0, 0.1) is 6.92 Å². The average molecular weight is 353 g/mol. The maximum absolute atomic E-state index is 10.3. The van der Waals surface area contributed by atoms with Gasteiger partial charge in [-0.15, -0.1) is 0 Å². The molecule has 134 valence electrons. The molecule has 2 aliphatic rings. The van der Waals surface area contributed by atoms with Crippen LogP contribution in [0.15, 0.2) is 30.5 Å². The highest BCUT2D eigenvalue weighted by Gasteiger charge is 2.30. The smallest absolute Gasteiger partial charge is 0.231 e. The van der Waals surface area contributed by atoms with Crippen molar-refractivity contribution in [3.8, 4) is 34.3 Å². The van der Waals surface area contributed by atoms with Crippen molar-refractivity contribution in [3.63, 3.8) is 0 Å². The Labute approximate surface area is 150 Å². The van der Waals surface area contributed by atoms with Gasteiger partial charge in [0.15, 0.2) is 35.7 Å². The topological polar surface area (TPSA) is 81.8 Å². The summed E-state index contributed by atoms with van der Waals surface area (Å²) < 4.78 is 18.7. The summed E-state index contributed by atoms with van der Waals surface area (Å²) in [4.78, 5) is 0. The van der Waals surface area contributed by atoms with E-state index in [1.54, 1.807) is 7.11 Å². The summed E-state index contributed by atoms with van der Waals surface area (Å²) >= 11 is 0. The molecule has 3 heterocycles. The molecular weight excluding hydrogens is 334 g/mol. The second-order valence-electron chi connectivity index (χ2n) is 6.49. The molecule has 2 N–H and O–H groups in total. The molecular formula is C20H19NO5. The summed E-state index contributed by atoms with van der Waals surface area (Å²) in [6, 6.07) is 7.79. The minimum absolute atomic E-state index is 0. The monoisotopic (exact) mass is 353 g/mol. The molecule has 0 saturated carbocycles. The quantitative estimate of drug-likeness (QED) is 0.680. The number of nitrogens with zero attached hydrogens (tertiary/aromatic N) is 1. The Balaban J connectivity index is 0.00000168. The van der Waals surface area contributed by atoms with E-state index in [1.807, 2.05) is 18.2 Å². The fourth-order valence-corrected chi connectivity index (χ4v) is 3.99. The molecule has 0 radical (unpaired) electrons. The first-order valence-corrected chi connectivity index (χ1v) is 8.33. The van der Waals surface area contributed by atoms with Crippen LogP contribution >= 0.6 is 0 Å². The summed E-state index contributed by atoms with van der Waals surface area (Å²) in [7, 11) is 1.58. The molecule has 0 saturated heterocycles. The number of phenolic OH excluding ortho intramolecular Hbond substituents is 1. The first-order valence-electron chi connectivity index (χ1n) is 8.33. The van der Waals surface area contributed by atoms with Crippen LogP contribution in [-0.2, 0) is 13.0 Å². The van der Waals surface area contributed by atoms with Crippen molar-refractivity contribution in [2.45, 2.75) is 19.9 Å². The number of ether oxygens (including phenoxy) is 3. The number of hydrogen-bond acceptors (Lipinski definition) is 5. The van der Waals surface area contributed by atoms with Gasteiger partial charge in [0.05, 0.1) is 18.1 Å². The van der Waals surface area contributed by atoms with Gasteiger partial charge >= 0.3 is 0 Å². The summed E-state index contributed by atoms with van der Waals surface area (Å²) in [5, 5.41) is 12.5. The molecule has 5 rings (SSSR count). The van der Waals surface area contributed by atoms with Gasteiger partial charge in [0.2, 0.25) is 12.5 Å². The number of rotatable bonds is 1. The summed E-state index contributed by atoms with van der Waals surface area (Å²) in [6.45, 7) is 3.26. The molecule has 0 unspecified atom stereocenters. The second-order valence-corrected chi connectivity index (χ2v) is 6.49. The van der Waals surface area contributed by atoms with Crippen LogP contribution < -0.4 is 18.8 Å². The van der Waals surface area contributed by atoms with Gasteiger partial charge in [-0.25, -0.2) is 0 Å². The van der Waals surface area contributed by atoms with E-state index in [0.717, 1.165) is 46.5 Å². The zero-order valence-electron chi connectivity index (χ0n) is 14.6. The normalized spacial score (nSPS) is 13.8. The van der Waals surface area contributed by atoms with Gasteiger partial charge in [-0.2, -0.15) is 4.57 Å². The Morgan fingerprint density at radius 3 is 2.81 bits per heavy atom. The maximum Gasteiger partial charge on any atom is 0.231 e. The van der Waals surface area contributed by atoms with Crippen LogP contribution in [0.5, 0.6) is 23.0 Å². The number of aromatic nitrogens is 1. The van der Waals surface area contributed by atoms with E-state index in [-0.39, 0.29) is 18.0 Å². The molecule has 0 spiro atoms. The number of benzene rings is 2. The fraction of sp³-hybridized carbons (Fsp3) is 0.250. The SMILES string of the molecule is COc1cc2c(cc1O)-c1c(C)c3ccc4c(c3c[n+]1CC2)OCO4.[OH-]. The van der Waals surface area contributed by atoms with Crippen LogP contribution in [0.4, 0.5) is 0 Å². The molecule has 3 aromatic rings. The molecule has 2 aromatic carbocycles. The number of methoxy groups -OCH3 is 1. The van der Waals surface area contributed by atoms with Crippen molar-refractivity contribution in [3.05, 3.63) is 41.6 Å². The van der Waals surface area contributed by atoms with E-state index in [9.17, 15) is 5.11 Å². The number of pyridine rings is 1. The molecule has 6 heteroatoms. The average Bonchev–Trinajstić information content (AvgIpc) is 3.10. The Kier molecular flexibility index (Phi) is 3.66. The number of aromatic hydroxyl groups is 1. The first-order chi connectivity index (χ1) is 12.2. The zero-order valence-corrected chi connectivity index (χ0v) is 14.6. The van der Waals surface area contributed by atoms with Crippen molar-refractivity contribution < 1.29 is 29.4 Å². The molecule has 1 aromatic heterocycles. The largest absolute Gasteiger partial charge is 0.870 e. The Morgan fingerprint density at radius 1 is 1.15 bits per heavy atom. The van der Waals surface area contributed by atoms with Crippen LogP contribution in [0.3, 0.4) is 0 Å². The van der Waals surface area contributed by atoms with Crippen molar-refractivity contribution in [2.75, 3.05) is 13.9 Å². The number of fused-ring (bicyclic) bond motifs is 6.